The van der Waals surface area contributed by atoms with E-state index < -0.39 is 64.6 Å². The van der Waals surface area contributed by atoms with Crippen LogP contribution < -0.4 is 14.9 Å². The first-order chi connectivity index (χ1) is 25.0. The van der Waals surface area contributed by atoms with Crippen LogP contribution in [0.4, 0.5) is 5.69 Å². The number of imide groups is 2. The highest BCUT2D eigenvalue weighted by Crippen LogP contribution is 2.61. The Balaban J connectivity index is 1.40. The van der Waals surface area contributed by atoms with E-state index in [1.54, 1.807) is 30.3 Å². The molecule has 6 atom stereocenters. The molecular weight excluding hydrogens is 666 g/mol. The number of carbonyl (C=O) groups is 5. The largest absolute Gasteiger partial charge is 0.502 e. The molecule has 2 aliphatic carbocycles. The summed E-state index contributed by atoms with van der Waals surface area (Å²) in [6, 6.07) is 19.7. The van der Waals surface area contributed by atoms with Gasteiger partial charge in [-0.25, -0.2) is 0 Å². The van der Waals surface area contributed by atoms with Crippen molar-refractivity contribution in [2.24, 2.45) is 29.6 Å². The third-order valence-electron chi connectivity index (χ3n) is 11.1. The first-order valence-electron chi connectivity index (χ1n) is 17.2. The highest BCUT2D eigenvalue weighted by atomic mass is 16.5. The van der Waals surface area contributed by atoms with Gasteiger partial charge in [0, 0.05) is 12.5 Å². The van der Waals surface area contributed by atoms with E-state index in [1.165, 1.54) is 14.2 Å². The minimum absolute atomic E-state index is 0.121. The van der Waals surface area contributed by atoms with Gasteiger partial charge in [-0.2, -0.15) is 5.01 Å². The van der Waals surface area contributed by atoms with Crippen LogP contribution in [-0.2, 0) is 29.4 Å². The Morgan fingerprint density at radius 2 is 1.62 bits per heavy atom. The number of aromatic hydroxyl groups is 1. The average molecular weight is 706 g/mol. The van der Waals surface area contributed by atoms with Crippen LogP contribution in [0, 0.1) is 36.5 Å². The van der Waals surface area contributed by atoms with Crippen LogP contribution in [0.2, 0.25) is 0 Å². The zero-order valence-electron chi connectivity index (χ0n) is 28.9. The number of carboxylic acid groups (broad SMARTS) is 1. The predicted molar refractivity (Wildman–Crippen MR) is 189 cm³/mol. The Morgan fingerprint density at radius 3 is 2.25 bits per heavy atom. The Kier molecular flexibility index (Phi) is 8.85. The van der Waals surface area contributed by atoms with E-state index in [1.807, 2.05) is 61.5 Å². The van der Waals surface area contributed by atoms with Crippen molar-refractivity contribution in [3.05, 3.63) is 101 Å². The smallest absolute Gasteiger partial charge is 0.305 e. The SMILES string of the molecule is COc1cc(C=C[C@H]2C3=CC[C@@H]4C(=O)N(CCC(=O)O)C(=O)[C@@H]4[C@@H]3C[C@H]3C(=O)N(Nc4ccc(C)cc4)C(=O)[C@@]23c2ccccc2)cc(OC)c1O. The summed E-state index contributed by atoms with van der Waals surface area (Å²) in [5.41, 5.74) is 5.15. The number of ether oxygens (including phenoxy) is 2. The molecule has 268 valence electrons. The van der Waals surface area contributed by atoms with Crippen molar-refractivity contribution >= 4 is 41.4 Å². The number of fused-ring (bicyclic) bond motifs is 4. The van der Waals surface area contributed by atoms with Gasteiger partial charge in [-0.15, -0.1) is 0 Å². The van der Waals surface area contributed by atoms with Gasteiger partial charge < -0.3 is 19.7 Å². The van der Waals surface area contributed by atoms with Crippen molar-refractivity contribution in [3.8, 4) is 17.2 Å². The van der Waals surface area contributed by atoms with E-state index >= 15 is 4.79 Å². The van der Waals surface area contributed by atoms with Gasteiger partial charge in [-0.3, -0.25) is 34.3 Å². The molecule has 7 rings (SSSR count). The number of allylic oxidation sites excluding steroid dienone is 3. The molecule has 2 heterocycles. The summed E-state index contributed by atoms with van der Waals surface area (Å²) in [7, 11) is 2.84. The van der Waals surface area contributed by atoms with Crippen molar-refractivity contribution < 1.29 is 43.7 Å². The van der Waals surface area contributed by atoms with E-state index in [0.717, 1.165) is 21.0 Å². The lowest BCUT2D eigenvalue weighted by Crippen LogP contribution is -2.54. The number of anilines is 1. The fraction of sp³-hybridized carbons (Fsp3) is 0.325. The lowest BCUT2D eigenvalue weighted by atomic mass is 9.50. The summed E-state index contributed by atoms with van der Waals surface area (Å²) in [6.07, 6.45) is 5.53. The molecule has 3 N–H and O–H groups in total. The second kappa shape index (κ2) is 13.3. The second-order valence-electron chi connectivity index (χ2n) is 13.7. The van der Waals surface area contributed by atoms with Crippen molar-refractivity contribution in [1.29, 1.82) is 0 Å². The molecule has 0 bridgehead atoms. The lowest BCUT2D eigenvalue weighted by molar-refractivity contribution is -0.143. The molecule has 4 amide bonds. The van der Waals surface area contributed by atoms with Crippen LogP contribution in [0.15, 0.2) is 84.5 Å². The van der Waals surface area contributed by atoms with Gasteiger partial charge in [-0.05, 0) is 61.1 Å². The number of methoxy groups -OCH3 is 2. The molecule has 12 nitrogen and oxygen atoms in total. The molecule has 52 heavy (non-hydrogen) atoms. The van der Waals surface area contributed by atoms with Crippen LogP contribution in [-0.4, -0.2) is 70.5 Å². The van der Waals surface area contributed by atoms with E-state index in [2.05, 4.69) is 5.43 Å². The zero-order chi connectivity index (χ0) is 36.9. The Hall–Kier alpha value is -5.91. The van der Waals surface area contributed by atoms with Gasteiger partial charge in [0.1, 0.15) is 0 Å². The third kappa shape index (κ3) is 5.40. The highest BCUT2D eigenvalue weighted by Gasteiger charge is 2.69. The minimum Gasteiger partial charge on any atom is -0.502 e. The van der Waals surface area contributed by atoms with Gasteiger partial charge in [0.15, 0.2) is 11.5 Å². The molecule has 3 fully saturated rings. The van der Waals surface area contributed by atoms with Gasteiger partial charge >= 0.3 is 5.97 Å². The number of nitrogens with one attached hydrogen (secondary N) is 1. The maximum Gasteiger partial charge on any atom is 0.305 e. The number of aryl methyl sites for hydroxylation is 1. The van der Waals surface area contributed by atoms with Crippen molar-refractivity contribution in [2.75, 3.05) is 26.2 Å². The number of hydrazine groups is 1. The maximum atomic E-state index is 15.2. The number of carbonyl (C=O) groups excluding carboxylic acids is 4. The molecule has 4 aliphatic rings. The Labute approximate surface area is 300 Å². The number of amides is 4. The van der Waals surface area contributed by atoms with Crippen LogP contribution in [0.1, 0.15) is 36.0 Å². The summed E-state index contributed by atoms with van der Waals surface area (Å²) >= 11 is 0. The summed E-state index contributed by atoms with van der Waals surface area (Å²) in [5, 5.41) is 21.0. The normalized spacial score (nSPS) is 26.6. The molecule has 0 aromatic heterocycles. The highest BCUT2D eigenvalue weighted by molar-refractivity contribution is 6.13. The van der Waals surface area contributed by atoms with Crippen molar-refractivity contribution in [3.63, 3.8) is 0 Å². The number of rotatable bonds is 10. The monoisotopic (exact) mass is 705 g/mol. The quantitative estimate of drug-likeness (QED) is 0.199. The van der Waals surface area contributed by atoms with E-state index in [-0.39, 0.29) is 43.1 Å². The van der Waals surface area contributed by atoms with Gasteiger partial charge in [0.2, 0.25) is 17.6 Å². The molecule has 12 heteroatoms. The van der Waals surface area contributed by atoms with Gasteiger partial charge in [-0.1, -0.05) is 71.8 Å². The summed E-state index contributed by atoms with van der Waals surface area (Å²) in [5.74, 6) is -6.54. The maximum absolute atomic E-state index is 15.2. The number of hydrogen-bond acceptors (Lipinski definition) is 9. The molecule has 0 radical (unpaired) electrons. The fourth-order valence-electron chi connectivity index (χ4n) is 8.70. The molecular formula is C40H39N3O9. The molecule has 2 saturated heterocycles. The van der Waals surface area contributed by atoms with E-state index in [9.17, 15) is 29.4 Å². The first kappa shape index (κ1) is 34.5. The Morgan fingerprint density at radius 1 is 0.942 bits per heavy atom. The van der Waals surface area contributed by atoms with Crippen molar-refractivity contribution in [2.45, 2.75) is 31.6 Å². The van der Waals surface area contributed by atoms with Crippen LogP contribution in [0.3, 0.4) is 0 Å². The number of phenols is 1. The number of hydrogen-bond donors (Lipinski definition) is 3. The number of benzene rings is 3. The van der Waals surface area contributed by atoms with Crippen LogP contribution in [0.25, 0.3) is 6.08 Å². The molecule has 2 aliphatic heterocycles. The molecule has 0 spiro atoms. The van der Waals surface area contributed by atoms with E-state index in [0.29, 0.717) is 16.8 Å². The minimum atomic E-state index is -1.44. The van der Waals surface area contributed by atoms with Crippen LogP contribution in [0.5, 0.6) is 17.2 Å². The standard InChI is InChI=1S/C40H39N3O9/c1-22-9-12-25(13-10-22)41-43-37(48)30-21-28-26(14-15-27-34(28)38(49)42(36(27)47)18-17-33(44)45)29(40(30,39(43)50)24-7-5-4-6-8-24)16-11-23-19-31(51-2)35(46)32(20-23)52-3/h4-14,16,19-20,27-30,34,41,46H,15,17-18,21H2,1-3H3,(H,44,45)/t27-,28+,29-,30-,34-,40-/m0/s1. The number of nitrogens with zero attached hydrogens (tertiary/aromatic N) is 2. The lowest BCUT2D eigenvalue weighted by Gasteiger charge is -2.49. The molecule has 3 aromatic rings. The van der Waals surface area contributed by atoms with Gasteiger partial charge in [0.05, 0.1) is 49.5 Å². The zero-order valence-corrected chi connectivity index (χ0v) is 28.9. The Bertz CT molecular complexity index is 2000. The number of aliphatic carboxylic acids is 1. The first-order valence-corrected chi connectivity index (χ1v) is 17.2. The molecule has 1 saturated carbocycles. The second-order valence-corrected chi connectivity index (χ2v) is 13.7. The summed E-state index contributed by atoms with van der Waals surface area (Å²) < 4.78 is 10.8. The van der Waals surface area contributed by atoms with Crippen molar-refractivity contribution in [1.82, 2.24) is 9.91 Å². The molecule has 3 aromatic carbocycles. The van der Waals surface area contributed by atoms with Crippen LogP contribution >= 0.6 is 0 Å². The predicted octanol–water partition coefficient (Wildman–Crippen LogP) is 4.72. The summed E-state index contributed by atoms with van der Waals surface area (Å²) in [4.78, 5) is 69.9. The summed E-state index contributed by atoms with van der Waals surface area (Å²) in [6.45, 7) is 1.70. The topological polar surface area (TPSA) is 163 Å². The van der Waals surface area contributed by atoms with E-state index in [4.69, 9.17) is 9.47 Å². The fourth-order valence-corrected chi connectivity index (χ4v) is 8.70. The number of carboxylic acids is 1. The number of phenolic OH excluding ortho intramolecular Hbond substituents is 1. The van der Waals surface area contributed by atoms with Gasteiger partial charge in [0.25, 0.3) is 11.8 Å². The molecule has 0 unspecified atom stereocenters. The average Bonchev–Trinajstić information content (AvgIpc) is 3.52. The third-order valence-corrected chi connectivity index (χ3v) is 11.1. The number of likely N-dealkylation sites (tertiary alicyclic amines) is 1.